The van der Waals surface area contributed by atoms with Crippen molar-refractivity contribution in [3.05, 3.63) is 72.2 Å². The minimum absolute atomic E-state index is 0.129. The van der Waals surface area contributed by atoms with Crippen LogP contribution in [0, 0.1) is 5.92 Å². The molecule has 4 aromatic rings. The first-order chi connectivity index (χ1) is 23.1. The summed E-state index contributed by atoms with van der Waals surface area (Å²) in [4.78, 5) is 10.2. The molecule has 1 saturated carbocycles. The highest BCUT2D eigenvalue weighted by Gasteiger charge is 2.46. The van der Waals surface area contributed by atoms with Crippen molar-refractivity contribution in [3.63, 3.8) is 0 Å². The van der Waals surface area contributed by atoms with Gasteiger partial charge in [-0.15, -0.1) is 4.72 Å². The van der Waals surface area contributed by atoms with Crippen LogP contribution in [-0.2, 0) is 26.8 Å². The Hall–Kier alpha value is -2.39. The van der Waals surface area contributed by atoms with Gasteiger partial charge in [0.05, 0.1) is 41.4 Å². The summed E-state index contributed by atoms with van der Waals surface area (Å²) in [6.45, 7) is 29.2. The Morgan fingerprint density at radius 3 is 2.18 bits per heavy atom. The highest BCUT2D eigenvalue weighted by Crippen LogP contribution is 2.45. The number of hydrogen-bond donors (Lipinski definition) is 1. The lowest BCUT2D eigenvalue weighted by atomic mass is 9.76. The molecule has 1 aromatic carbocycles. The lowest BCUT2D eigenvalue weighted by molar-refractivity contribution is 0.0365. The van der Waals surface area contributed by atoms with Gasteiger partial charge in [-0.1, -0.05) is 65.8 Å². The Morgan fingerprint density at radius 2 is 1.54 bits per heavy atom. The second kappa shape index (κ2) is 14.2. The average Bonchev–Trinajstić information content (AvgIpc) is 3.43. The molecular weight excluding hydrogens is 675 g/mol. The quantitative estimate of drug-likeness (QED) is 0.121. The Kier molecular flexibility index (Phi) is 11.0. The topological polar surface area (TPSA) is 97.2 Å². The third kappa shape index (κ3) is 8.62. The zero-order chi connectivity index (χ0) is 36.9. The van der Waals surface area contributed by atoms with Gasteiger partial charge in [-0.3, -0.25) is 4.98 Å². The van der Waals surface area contributed by atoms with E-state index >= 15 is 0 Å². The van der Waals surface area contributed by atoms with Gasteiger partial charge in [0.25, 0.3) is 0 Å². The summed E-state index contributed by atoms with van der Waals surface area (Å²) >= 11 is -1.25. The van der Waals surface area contributed by atoms with E-state index in [1.807, 2.05) is 55.9 Å². The number of pyridine rings is 2. The zero-order valence-electron chi connectivity index (χ0n) is 32.5. The molecule has 2 unspecified atom stereocenters. The largest absolute Gasteiger partial charge is 0.598 e. The first kappa shape index (κ1) is 38.8. The van der Waals surface area contributed by atoms with Crippen molar-refractivity contribution in [3.8, 4) is 17.1 Å². The molecule has 0 amide bonds. The smallest absolute Gasteiger partial charge is 0.192 e. The molecule has 272 valence electrons. The molecule has 3 aromatic heterocycles. The van der Waals surface area contributed by atoms with Gasteiger partial charge < -0.3 is 13.4 Å². The molecule has 0 aliphatic heterocycles. The van der Waals surface area contributed by atoms with Crippen LogP contribution in [0.15, 0.2) is 60.8 Å². The molecule has 1 N–H and O–H groups in total. The molecule has 0 saturated heterocycles. The molecule has 0 radical (unpaired) electrons. The maximum atomic E-state index is 13.5. The molecule has 0 spiro atoms. The van der Waals surface area contributed by atoms with Crippen LogP contribution in [0.25, 0.3) is 28.0 Å². The average molecular weight is 734 g/mol. The lowest BCUT2D eigenvalue weighted by Gasteiger charge is -2.46. The van der Waals surface area contributed by atoms with E-state index in [2.05, 4.69) is 103 Å². The Labute approximate surface area is 305 Å². The van der Waals surface area contributed by atoms with Gasteiger partial charge in [-0.25, -0.2) is 9.67 Å². The normalized spacial score (nSPS) is 19.0. The maximum absolute atomic E-state index is 13.5. The van der Waals surface area contributed by atoms with E-state index in [0.29, 0.717) is 6.61 Å². The van der Waals surface area contributed by atoms with Crippen LogP contribution in [-0.4, -0.2) is 51.8 Å². The van der Waals surface area contributed by atoms with Crippen molar-refractivity contribution in [1.29, 1.82) is 0 Å². The number of hydrogen-bond acceptors (Lipinski definition) is 7. The molecule has 50 heavy (non-hydrogen) atoms. The van der Waals surface area contributed by atoms with Gasteiger partial charge in [-0.05, 0) is 106 Å². The first-order valence-electron chi connectivity index (χ1n) is 18.0. The molecule has 11 heteroatoms. The van der Waals surface area contributed by atoms with E-state index in [1.54, 1.807) is 0 Å². The first-order valence-corrected chi connectivity index (χ1v) is 24.9. The molecule has 1 aliphatic carbocycles. The van der Waals surface area contributed by atoms with E-state index in [1.165, 1.54) is 0 Å². The van der Waals surface area contributed by atoms with E-state index in [-0.39, 0.29) is 28.1 Å². The summed E-state index contributed by atoms with van der Waals surface area (Å²) in [7, 11) is -3.79. The molecular formula is C39H59N5O3SSi2. The standard InChI is InChI=1S/C39H59N5O3SSi2/c1-37(2,3)48(45)43-36(29-22-31(23-29)47-50(12,13)39(7,8)9)33-18-15-17-32(42-33)27-20-21-28-25-40-44(34(28)24-27)35-19-14-16-30(41-35)26-46-49(10,11)38(4,5)6/h14-21,24-25,29,31,36,43H,22-23,26H2,1-13H3. The maximum Gasteiger partial charge on any atom is 0.192 e. The van der Waals surface area contributed by atoms with Crippen LogP contribution in [0.4, 0.5) is 0 Å². The number of aromatic nitrogens is 4. The van der Waals surface area contributed by atoms with Crippen LogP contribution < -0.4 is 4.72 Å². The van der Waals surface area contributed by atoms with Gasteiger partial charge in [0.15, 0.2) is 22.5 Å². The summed E-state index contributed by atoms with van der Waals surface area (Å²) in [6.07, 6.45) is 3.96. The Morgan fingerprint density at radius 1 is 0.880 bits per heavy atom. The fraction of sp³-hybridized carbons (Fsp3) is 0.564. The molecule has 2 atom stereocenters. The van der Waals surface area contributed by atoms with Crippen molar-refractivity contribution in [2.75, 3.05) is 0 Å². The monoisotopic (exact) mass is 733 g/mol. The van der Waals surface area contributed by atoms with Gasteiger partial charge in [0.2, 0.25) is 0 Å². The van der Waals surface area contributed by atoms with E-state index < -0.39 is 32.7 Å². The minimum Gasteiger partial charge on any atom is -0.598 e. The molecule has 3 heterocycles. The van der Waals surface area contributed by atoms with Gasteiger partial charge in [0.1, 0.15) is 4.75 Å². The third-order valence-corrected chi connectivity index (χ3v) is 21.6. The zero-order valence-corrected chi connectivity index (χ0v) is 35.4. The minimum atomic E-state index is -1.91. The lowest BCUT2D eigenvalue weighted by Crippen LogP contribution is -2.51. The molecule has 8 nitrogen and oxygen atoms in total. The summed E-state index contributed by atoms with van der Waals surface area (Å²) in [6, 6.07) is 18.4. The Balaban J connectivity index is 1.41. The van der Waals surface area contributed by atoms with Crippen LogP contribution in [0.5, 0.6) is 0 Å². The van der Waals surface area contributed by atoms with Crippen molar-refractivity contribution >= 4 is 38.9 Å². The van der Waals surface area contributed by atoms with Crippen LogP contribution in [0.2, 0.25) is 36.3 Å². The number of rotatable bonds is 11. The highest BCUT2D eigenvalue weighted by atomic mass is 32.2. The van der Waals surface area contributed by atoms with Gasteiger partial charge in [0, 0.05) is 28.4 Å². The van der Waals surface area contributed by atoms with E-state index in [4.69, 9.17) is 23.9 Å². The second-order valence-electron chi connectivity index (χ2n) is 18.0. The highest BCUT2D eigenvalue weighted by molar-refractivity contribution is 7.90. The number of fused-ring (bicyclic) bond motifs is 1. The van der Waals surface area contributed by atoms with Gasteiger partial charge >= 0.3 is 0 Å². The Bertz CT molecular complexity index is 1780. The van der Waals surface area contributed by atoms with E-state index in [0.717, 1.165) is 52.2 Å². The van der Waals surface area contributed by atoms with Crippen molar-refractivity contribution in [1.82, 2.24) is 24.5 Å². The summed E-state index contributed by atoms with van der Waals surface area (Å²) < 4.78 is 31.7. The fourth-order valence-corrected chi connectivity index (χ4v) is 8.76. The second-order valence-corrected chi connectivity index (χ2v) is 29.6. The number of benzene rings is 1. The van der Waals surface area contributed by atoms with Crippen LogP contribution >= 0.6 is 0 Å². The number of nitrogens with zero attached hydrogens (tertiary/aromatic N) is 4. The van der Waals surface area contributed by atoms with Crippen molar-refractivity contribution in [2.24, 2.45) is 5.92 Å². The summed E-state index contributed by atoms with van der Waals surface area (Å²) in [5.41, 5.74) is 4.60. The van der Waals surface area contributed by atoms with Crippen molar-refractivity contribution < 1.29 is 13.4 Å². The van der Waals surface area contributed by atoms with Crippen molar-refractivity contribution in [2.45, 2.75) is 135 Å². The number of nitrogens with one attached hydrogen (secondary N) is 1. The SMILES string of the molecule is CC(C)(C)[S+]([O-])NC(c1cccc(-c2ccc3cnn(-c4cccc(CO[Si](C)(C)C(C)(C)C)n4)c3c2)n1)C1CC(O[Si](C)(C)C(C)(C)C)C1. The summed E-state index contributed by atoms with van der Waals surface area (Å²) in [5, 5.41) is 6.04. The third-order valence-electron chi connectivity index (χ3n) is 11.0. The van der Waals surface area contributed by atoms with Crippen LogP contribution in [0.3, 0.4) is 0 Å². The predicted molar refractivity (Wildman–Crippen MR) is 213 cm³/mol. The molecule has 1 fully saturated rings. The molecule has 1 aliphatic rings. The predicted octanol–water partition coefficient (Wildman–Crippen LogP) is 9.90. The molecule has 0 bridgehead atoms. The fourth-order valence-electron chi connectivity index (χ4n) is 5.54. The summed E-state index contributed by atoms with van der Waals surface area (Å²) in [5.74, 6) is 1.03. The van der Waals surface area contributed by atoms with Crippen LogP contribution in [0.1, 0.15) is 92.6 Å². The molecule has 5 rings (SSSR count). The van der Waals surface area contributed by atoms with E-state index in [9.17, 15) is 4.55 Å². The van der Waals surface area contributed by atoms with Gasteiger partial charge in [-0.2, -0.15) is 5.10 Å².